The molecule has 0 spiro atoms. The largest absolute Gasteiger partial charge is 0.488 e. The Morgan fingerprint density at radius 3 is 2.85 bits per heavy atom. The minimum absolute atomic E-state index is 0.483. The number of halogens is 1. The summed E-state index contributed by atoms with van der Waals surface area (Å²) in [5.74, 6) is 0.783. The first kappa shape index (κ1) is 10.2. The minimum atomic E-state index is 0.483. The first-order valence-corrected chi connectivity index (χ1v) is 4.84. The summed E-state index contributed by atoms with van der Waals surface area (Å²) in [6.07, 6.45) is 2.50. The SMILES string of the molecule is C=CCOc1ccc(C=O)cc1I. The fraction of sp³-hybridized carbons (Fsp3) is 0.100. The van der Waals surface area contributed by atoms with Gasteiger partial charge < -0.3 is 4.74 Å². The average Bonchev–Trinajstić information content (AvgIpc) is 2.16. The summed E-state index contributed by atoms with van der Waals surface area (Å²) in [7, 11) is 0. The van der Waals surface area contributed by atoms with Gasteiger partial charge in [0.2, 0.25) is 0 Å². The molecular formula is C10H9IO2. The van der Waals surface area contributed by atoms with Gasteiger partial charge in [0.15, 0.2) is 0 Å². The Labute approximate surface area is 90.7 Å². The van der Waals surface area contributed by atoms with Crippen LogP contribution in [-0.2, 0) is 0 Å². The van der Waals surface area contributed by atoms with Crippen LogP contribution in [0.4, 0.5) is 0 Å². The zero-order valence-corrected chi connectivity index (χ0v) is 9.15. The van der Waals surface area contributed by atoms with Gasteiger partial charge in [-0.2, -0.15) is 0 Å². The van der Waals surface area contributed by atoms with E-state index in [0.717, 1.165) is 15.6 Å². The van der Waals surface area contributed by atoms with E-state index in [-0.39, 0.29) is 0 Å². The quantitative estimate of drug-likeness (QED) is 0.484. The highest BCUT2D eigenvalue weighted by atomic mass is 127. The second-order valence-electron chi connectivity index (χ2n) is 2.41. The van der Waals surface area contributed by atoms with Gasteiger partial charge in [-0.25, -0.2) is 0 Å². The molecule has 0 aliphatic rings. The van der Waals surface area contributed by atoms with Crippen molar-refractivity contribution in [3.63, 3.8) is 0 Å². The van der Waals surface area contributed by atoms with Crippen LogP contribution in [0.3, 0.4) is 0 Å². The third-order valence-electron chi connectivity index (χ3n) is 1.45. The molecule has 0 radical (unpaired) electrons. The summed E-state index contributed by atoms with van der Waals surface area (Å²) in [5, 5.41) is 0. The number of benzene rings is 1. The van der Waals surface area contributed by atoms with Gasteiger partial charge in [-0.05, 0) is 40.8 Å². The molecule has 0 bridgehead atoms. The second kappa shape index (κ2) is 5.01. The molecule has 0 heterocycles. The van der Waals surface area contributed by atoms with Gasteiger partial charge in [-0.15, -0.1) is 0 Å². The Hall–Kier alpha value is -0.840. The van der Waals surface area contributed by atoms with E-state index in [1.54, 1.807) is 24.3 Å². The lowest BCUT2D eigenvalue weighted by atomic mass is 10.2. The molecule has 0 N–H and O–H groups in total. The van der Waals surface area contributed by atoms with Crippen molar-refractivity contribution in [2.45, 2.75) is 0 Å². The first-order valence-electron chi connectivity index (χ1n) is 3.76. The van der Waals surface area contributed by atoms with Crippen molar-refractivity contribution < 1.29 is 9.53 Å². The predicted molar refractivity (Wildman–Crippen MR) is 60.2 cm³/mol. The lowest BCUT2D eigenvalue weighted by Crippen LogP contribution is -1.95. The lowest BCUT2D eigenvalue weighted by molar-refractivity contribution is 0.112. The summed E-state index contributed by atoms with van der Waals surface area (Å²) in [4.78, 5) is 10.4. The van der Waals surface area contributed by atoms with Gasteiger partial charge in [0.25, 0.3) is 0 Å². The van der Waals surface area contributed by atoms with E-state index in [2.05, 4.69) is 29.2 Å². The molecule has 0 fully saturated rings. The van der Waals surface area contributed by atoms with Gasteiger partial charge >= 0.3 is 0 Å². The summed E-state index contributed by atoms with van der Waals surface area (Å²) in [5.41, 5.74) is 0.662. The predicted octanol–water partition coefficient (Wildman–Crippen LogP) is 2.67. The molecule has 0 unspecified atom stereocenters. The topological polar surface area (TPSA) is 26.3 Å². The summed E-state index contributed by atoms with van der Waals surface area (Å²) in [6.45, 7) is 4.04. The van der Waals surface area contributed by atoms with Crippen LogP contribution < -0.4 is 4.74 Å². The fourth-order valence-corrected chi connectivity index (χ4v) is 1.55. The van der Waals surface area contributed by atoms with Crippen LogP contribution in [0.25, 0.3) is 0 Å². The lowest BCUT2D eigenvalue weighted by Gasteiger charge is -2.05. The van der Waals surface area contributed by atoms with Crippen molar-refractivity contribution in [1.82, 2.24) is 0 Å². The molecule has 13 heavy (non-hydrogen) atoms. The third-order valence-corrected chi connectivity index (χ3v) is 2.29. The molecule has 1 aromatic rings. The van der Waals surface area contributed by atoms with Crippen LogP contribution in [-0.4, -0.2) is 12.9 Å². The van der Waals surface area contributed by atoms with Gasteiger partial charge in [0, 0.05) is 5.56 Å². The highest BCUT2D eigenvalue weighted by molar-refractivity contribution is 14.1. The Balaban J connectivity index is 2.84. The number of hydrogen-bond donors (Lipinski definition) is 0. The molecule has 1 rings (SSSR count). The van der Waals surface area contributed by atoms with Gasteiger partial charge in [0.1, 0.15) is 18.6 Å². The molecule has 1 aromatic carbocycles. The molecule has 0 amide bonds. The van der Waals surface area contributed by atoms with Crippen LogP contribution in [0, 0.1) is 3.57 Å². The molecule has 0 saturated heterocycles. The summed E-state index contributed by atoms with van der Waals surface area (Å²) < 4.78 is 6.28. The van der Waals surface area contributed by atoms with E-state index < -0.39 is 0 Å². The van der Waals surface area contributed by atoms with E-state index in [1.807, 2.05) is 0 Å². The number of aldehydes is 1. The Morgan fingerprint density at radius 2 is 2.31 bits per heavy atom. The highest BCUT2D eigenvalue weighted by Crippen LogP contribution is 2.21. The Morgan fingerprint density at radius 1 is 1.54 bits per heavy atom. The van der Waals surface area contributed by atoms with Crippen molar-refractivity contribution in [2.75, 3.05) is 6.61 Å². The molecule has 68 valence electrons. The van der Waals surface area contributed by atoms with E-state index in [4.69, 9.17) is 4.74 Å². The maximum absolute atomic E-state index is 10.4. The van der Waals surface area contributed by atoms with E-state index in [0.29, 0.717) is 12.2 Å². The number of carbonyl (C=O) groups excluding carboxylic acids is 1. The van der Waals surface area contributed by atoms with Gasteiger partial charge in [-0.1, -0.05) is 12.7 Å². The van der Waals surface area contributed by atoms with E-state index >= 15 is 0 Å². The Bertz CT molecular complexity index is 321. The van der Waals surface area contributed by atoms with Crippen LogP contribution in [0.2, 0.25) is 0 Å². The number of carbonyl (C=O) groups is 1. The zero-order chi connectivity index (χ0) is 9.68. The standard InChI is InChI=1S/C10H9IO2/c1-2-5-13-10-4-3-8(7-12)6-9(10)11/h2-4,6-7H,1,5H2. The third kappa shape index (κ3) is 2.84. The molecule has 0 aromatic heterocycles. The van der Waals surface area contributed by atoms with Gasteiger partial charge in [0.05, 0.1) is 3.57 Å². The summed E-state index contributed by atoms with van der Waals surface area (Å²) >= 11 is 2.13. The number of ether oxygens (including phenoxy) is 1. The van der Waals surface area contributed by atoms with Crippen LogP contribution >= 0.6 is 22.6 Å². The van der Waals surface area contributed by atoms with Crippen molar-refractivity contribution >= 4 is 28.9 Å². The average molecular weight is 288 g/mol. The fourth-order valence-electron chi connectivity index (χ4n) is 0.856. The molecule has 0 saturated carbocycles. The van der Waals surface area contributed by atoms with E-state index in [9.17, 15) is 4.79 Å². The molecule has 0 aliphatic heterocycles. The van der Waals surface area contributed by atoms with Crippen molar-refractivity contribution in [2.24, 2.45) is 0 Å². The van der Waals surface area contributed by atoms with Crippen molar-refractivity contribution in [1.29, 1.82) is 0 Å². The smallest absolute Gasteiger partial charge is 0.150 e. The number of hydrogen-bond acceptors (Lipinski definition) is 2. The van der Waals surface area contributed by atoms with Gasteiger partial charge in [-0.3, -0.25) is 4.79 Å². The summed E-state index contributed by atoms with van der Waals surface area (Å²) in [6, 6.07) is 5.30. The van der Waals surface area contributed by atoms with Crippen LogP contribution in [0.5, 0.6) is 5.75 Å². The molecule has 0 atom stereocenters. The normalized spacial score (nSPS) is 9.31. The monoisotopic (exact) mass is 288 g/mol. The molecule has 0 aliphatic carbocycles. The molecule has 2 nitrogen and oxygen atoms in total. The van der Waals surface area contributed by atoms with Crippen molar-refractivity contribution in [3.8, 4) is 5.75 Å². The second-order valence-corrected chi connectivity index (χ2v) is 3.57. The zero-order valence-electron chi connectivity index (χ0n) is 7.00. The highest BCUT2D eigenvalue weighted by Gasteiger charge is 2.00. The van der Waals surface area contributed by atoms with Crippen LogP contribution in [0.1, 0.15) is 10.4 Å². The Kier molecular flexibility index (Phi) is 3.95. The molecular weight excluding hydrogens is 279 g/mol. The maximum Gasteiger partial charge on any atom is 0.150 e. The minimum Gasteiger partial charge on any atom is -0.488 e. The molecule has 3 heteroatoms. The first-order chi connectivity index (χ1) is 6.27. The maximum atomic E-state index is 10.4. The van der Waals surface area contributed by atoms with Crippen LogP contribution in [0.15, 0.2) is 30.9 Å². The van der Waals surface area contributed by atoms with Crippen molar-refractivity contribution in [3.05, 3.63) is 40.0 Å². The number of rotatable bonds is 4. The van der Waals surface area contributed by atoms with E-state index in [1.165, 1.54) is 0 Å².